The molecular weight excluding hydrogens is 472 g/mol. The number of halogens is 2. The number of nitrogens with zero attached hydrogens (tertiary/aromatic N) is 4. The first-order valence-corrected chi connectivity index (χ1v) is 12.9. The van der Waals surface area contributed by atoms with E-state index in [1.807, 2.05) is 24.0 Å². The lowest BCUT2D eigenvalue weighted by molar-refractivity contribution is -0.120. The first-order valence-electron chi connectivity index (χ1n) is 12.9. The van der Waals surface area contributed by atoms with Gasteiger partial charge in [0.25, 0.3) is 5.92 Å². The molecule has 1 N–H and O–H groups in total. The molecule has 2 atom stereocenters. The second-order valence-corrected chi connectivity index (χ2v) is 11.2. The molecule has 2 aliphatic rings. The van der Waals surface area contributed by atoms with Gasteiger partial charge in [-0.3, -0.25) is 14.4 Å². The Bertz CT molecular complexity index is 1270. The molecule has 3 heterocycles. The average molecular weight is 508 g/mol. The van der Waals surface area contributed by atoms with Crippen molar-refractivity contribution in [2.24, 2.45) is 0 Å². The van der Waals surface area contributed by atoms with Gasteiger partial charge in [-0.15, -0.1) is 0 Å². The van der Waals surface area contributed by atoms with Crippen LogP contribution in [0.25, 0.3) is 0 Å². The summed E-state index contributed by atoms with van der Waals surface area (Å²) in [4.78, 5) is 17.7. The van der Waals surface area contributed by atoms with E-state index in [1.165, 1.54) is 24.3 Å². The summed E-state index contributed by atoms with van der Waals surface area (Å²) in [7, 11) is 0. The van der Waals surface area contributed by atoms with Crippen molar-refractivity contribution in [1.29, 1.82) is 0 Å². The Balaban J connectivity index is 1.40. The normalized spacial score (nSPS) is 21.7. The predicted octanol–water partition coefficient (Wildman–Crippen LogP) is 4.32. The van der Waals surface area contributed by atoms with E-state index in [-0.39, 0.29) is 41.1 Å². The molecular formula is C29H35F2N5O. The second-order valence-electron chi connectivity index (χ2n) is 11.2. The number of anilines is 1. The van der Waals surface area contributed by atoms with Crippen LogP contribution in [0.1, 0.15) is 43.0 Å². The molecule has 1 amide bonds. The summed E-state index contributed by atoms with van der Waals surface area (Å²) in [6.07, 6.45) is 3.84. The summed E-state index contributed by atoms with van der Waals surface area (Å²) >= 11 is 0. The SMILES string of the molecule is Cc1cnn(C[C@H]2CN[C@H](C)CN2CC(=O)N2CC(C)(C)c3ccc(C(F)(F)c4ccccc4)cc32)c1. The number of alkyl halides is 2. The van der Waals surface area contributed by atoms with E-state index in [0.717, 1.165) is 24.2 Å². The third-order valence-corrected chi connectivity index (χ3v) is 7.60. The van der Waals surface area contributed by atoms with Crippen molar-refractivity contribution in [2.45, 2.75) is 57.7 Å². The van der Waals surface area contributed by atoms with Gasteiger partial charge >= 0.3 is 0 Å². The Labute approximate surface area is 217 Å². The van der Waals surface area contributed by atoms with Crippen molar-refractivity contribution < 1.29 is 13.6 Å². The van der Waals surface area contributed by atoms with Gasteiger partial charge in [-0.25, -0.2) is 0 Å². The van der Waals surface area contributed by atoms with Crippen molar-refractivity contribution in [3.8, 4) is 0 Å². The molecule has 2 aromatic carbocycles. The number of hydrogen-bond donors (Lipinski definition) is 1. The highest BCUT2D eigenvalue weighted by molar-refractivity contribution is 5.97. The molecule has 2 aliphatic heterocycles. The fourth-order valence-electron chi connectivity index (χ4n) is 5.57. The lowest BCUT2D eigenvalue weighted by Crippen LogP contribution is -2.59. The van der Waals surface area contributed by atoms with Gasteiger partial charge in [0.15, 0.2) is 0 Å². The number of carbonyl (C=O) groups is 1. The summed E-state index contributed by atoms with van der Waals surface area (Å²) in [6, 6.07) is 13.0. The smallest absolute Gasteiger partial charge is 0.298 e. The third-order valence-electron chi connectivity index (χ3n) is 7.60. The minimum Gasteiger partial charge on any atom is -0.311 e. The molecule has 1 saturated heterocycles. The topological polar surface area (TPSA) is 53.4 Å². The maximum atomic E-state index is 15.4. The van der Waals surface area contributed by atoms with Crippen LogP contribution in [-0.2, 0) is 22.7 Å². The van der Waals surface area contributed by atoms with Gasteiger partial charge < -0.3 is 10.2 Å². The first-order chi connectivity index (χ1) is 17.5. The molecule has 0 bridgehead atoms. The fraction of sp³-hybridized carbons (Fsp3) is 0.448. The van der Waals surface area contributed by atoms with Gasteiger partial charge in [0.05, 0.1) is 19.3 Å². The van der Waals surface area contributed by atoms with E-state index in [4.69, 9.17) is 0 Å². The van der Waals surface area contributed by atoms with Crippen LogP contribution >= 0.6 is 0 Å². The van der Waals surface area contributed by atoms with Gasteiger partial charge in [0.1, 0.15) is 0 Å². The third kappa shape index (κ3) is 5.05. The Morgan fingerprint density at radius 2 is 1.92 bits per heavy atom. The number of aryl methyl sites for hydroxylation is 1. The summed E-state index contributed by atoms with van der Waals surface area (Å²) in [5.74, 6) is -3.22. The van der Waals surface area contributed by atoms with Gasteiger partial charge in [-0.05, 0) is 31.0 Å². The highest BCUT2D eigenvalue weighted by Crippen LogP contribution is 2.44. The minimum atomic E-state index is -3.15. The second kappa shape index (κ2) is 9.65. The van der Waals surface area contributed by atoms with E-state index in [0.29, 0.717) is 18.8 Å². The van der Waals surface area contributed by atoms with Crippen molar-refractivity contribution in [3.05, 3.63) is 83.2 Å². The molecule has 5 rings (SSSR count). The zero-order valence-corrected chi connectivity index (χ0v) is 21.9. The highest BCUT2D eigenvalue weighted by atomic mass is 19.3. The maximum Gasteiger partial charge on any atom is 0.298 e. The highest BCUT2D eigenvalue weighted by Gasteiger charge is 2.42. The quantitative estimate of drug-likeness (QED) is 0.540. The van der Waals surface area contributed by atoms with Crippen LogP contribution in [-0.4, -0.2) is 58.9 Å². The van der Waals surface area contributed by atoms with Crippen LogP contribution in [0.4, 0.5) is 14.5 Å². The molecule has 0 spiro atoms. The van der Waals surface area contributed by atoms with Crippen molar-refractivity contribution in [3.63, 3.8) is 0 Å². The Morgan fingerprint density at radius 3 is 2.62 bits per heavy atom. The zero-order chi connectivity index (χ0) is 26.4. The van der Waals surface area contributed by atoms with E-state index >= 15 is 8.78 Å². The zero-order valence-electron chi connectivity index (χ0n) is 21.9. The molecule has 6 nitrogen and oxygen atoms in total. The Hall–Kier alpha value is -3.10. The van der Waals surface area contributed by atoms with Crippen molar-refractivity contribution >= 4 is 11.6 Å². The summed E-state index contributed by atoms with van der Waals surface area (Å²) in [6.45, 7) is 11.1. The standard InChI is InChI=1S/C29H35F2N5O/c1-20-13-33-35(15-20)17-24-14-32-21(2)16-34(24)18-27(37)36-19-28(3,4)25-11-10-23(12-26(25)36)29(30,31)22-8-6-5-7-9-22/h5-13,15,21,24,32H,14,16-19H2,1-4H3/t21-,24-/m1/s1. The lowest BCUT2D eigenvalue weighted by Gasteiger charge is -2.39. The van der Waals surface area contributed by atoms with E-state index in [9.17, 15) is 4.79 Å². The molecule has 1 aromatic heterocycles. The lowest BCUT2D eigenvalue weighted by atomic mass is 9.86. The number of aromatic nitrogens is 2. The number of carbonyl (C=O) groups excluding carboxylic acids is 1. The van der Waals surface area contributed by atoms with Crippen LogP contribution in [0.2, 0.25) is 0 Å². The minimum absolute atomic E-state index is 0.0587. The Morgan fingerprint density at radius 1 is 1.16 bits per heavy atom. The van der Waals surface area contributed by atoms with Gasteiger partial charge in [0.2, 0.25) is 5.91 Å². The largest absolute Gasteiger partial charge is 0.311 e. The molecule has 3 aromatic rings. The molecule has 0 radical (unpaired) electrons. The molecule has 0 unspecified atom stereocenters. The van der Waals surface area contributed by atoms with Crippen LogP contribution in [0.15, 0.2) is 60.9 Å². The van der Waals surface area contributed by atoms with Gasteiger partial charge in [-0.2, -0.15) is 13.9 Å². The van der Waals surface area contributed by atoms with Crippen molar-refractivity contribution in [2.75, 3.05) is 31.1 Å². The number of rotatable bonds is 6. The Kier molecular flexibility index (Phi) is 6.66. The van der Waals surface area contributed by atoms with E-state index in [1.54, 1.807) is 29.2 Å². The maximum absolute atomic E-state index is 15.4. The number of hydrogen-bond acceptors (Lipinski definition) is 4. The van der Waals surface area contributed by atoms with Crippen LogP contribution in [0.3, 0.4) is 0 Å². The number of amides is 1. The van der Waals surface area contributed by atoms with Gasteiger partial charge in [0, 0.05) is 60.1 Å². The van der Waals surface area contributed by atoms with Crippen LogP contribution in [0, 0.1) is 6.92 Å². The fourth-order valence-corrected chi connectivity index (χ4v) is 5.57. The average Bonchev–Trinajstić information content (AvgIpc) is 3.40. The number of nitrogens with one attached hydrogen (secondary N) is 1. The molecule has 37 heavy (non-hydrogen) atoms. The van der Waals surface area contributed by atoms with Crippen LogP contribution < -0.4 is 10.2 Å². The van der Waals surface area contributed by atoms with Crippen molar-refractivity contribution in [1.82, 2.24) is 20.0 Å². The molecule has 1 fully saturated rings. The predicted molar refractivity (Wildman–Crippen MR) is 141 cm³/mol. The summed E-state index contributed by atoms with van der Waals surface area (Å²) in [5, 5.41) is 7.93. The number of piperazine rings is 1. The number of benzene rings is 2. The van der Waals surface area contributed by atoms with Gasteiger partial charge in [-0.1, -0.05) is 56.3 Å². The monoisotopic (exact) mass is 507 g/mol. The van der Waals surface area contributed by atoms with E-state index < -0.39 is 5.92 Å². The molecule has 0 saturated carbocycles. The number of fused-ring (bicyclic) bond motifs is 1. The summed E-state index contributed by atoms with van der Waals surface area (Å²) in [5.41, 5.74) is 2.12. The molecule has 0 aliphatic carbocycles. The van der Waals surface area contributed by atoms with Crippen LogP contribution in [0.5, 0.6) is 0 Å². The first kappa shape index (κ1) is 25.5. The summed E-state index contributed by atoms with van der Waals surface area (Å²) < 4.78 is 32.8. The van der Waals surface area contributed by atoms with E-state index in [2.05, 4.69) is 36.1 Å². The molecule has 8 heteroatoms. The molecule has 196 valence electrons.